The first-order valence-electron chi connectivity index (χ1n) is 6.56. The van der Waals surface area contributed by atoms with Gasteiger partial charge in [-0.25, -0.2) is 0 Å². The van der Waals surface area contributed by atoms with Gasteiger partial charge in [0, 0.05) is 13.1 Å². The molecular formula is C13H22BrN3. The second-order valence-corrected chi connectivity index (χ2v) is 5.91. The molecule has 1 aliphatic heterocycles. The van der Waals surface area contributed by atoms with Crippen molar-refractivity contribution in [3.8, 4) is 0 Å². The maximum Gasteiger partial charge on any atom is 0.0739 e. The zero-order chi connectivity index (χ0) is 12.4. The van der Waals surface area contributed by atoms with Crippen LogP contribution in [0.2, 0.25) is 0 Å². The number of piperidine rings is 1. The van der Waals surface area contributed by atoms with Crippen LogP contribution in [0.1, 0.15) is 38.1 Å². The summed E-state index contributed by atoms with van der Waals surface area (Å²) in [5.74, 6) is 0.896. The van der Waals surface area contributed by atoms with Gasteiger partial charge in [-0.3, -0.25) is 9.58 Å². The predicted molar refractivity (Wildman–Crippen MR) is 74.0 cm³/mol. The van der Waals surface area contributed by atoms with Crippen LogP contribution in [0.5, 0.6) is 0 Å². The maximum absolute atomic E-state index is 4.55. The molecule has 0 radical (unpaired) electrons. The Balaban J connectivity index is 2.07. The highest BCUT2D eigenvalue weighted by Crippen LogP contribution is 2.24. The number of aromatic nitrogens is 2. The molecule has 0 N–H and O–H groups in total. The number of aryl methyl sites for hydroxylation is 2. The molecule has 1 aromatic rings. The molecule has 96 valence electrons. The number of hydrogen-bond acceptors (Lipinski definition) is 2. The van der Waals surface area contributed by atoms with Gasteiger partial charge in [0.25, 0.3) is 0 Å². The second kappa shape index (κ2) is 5.53. The molecule has 0 amide bonds. The standard InChI is InChI=1S/C13H22BrN3/c1-4-17-12(13(14)11(3)15-17)9-16-7-5-10(2)6-8-16/h10H,4-9H2,1-3H3. The van der Waals surface area contributed by atoms with Crippen LogP contribution in [-0.2, 0) is 13.1 Å². The van der Waals surface area contributed by atoms with Gasteiger partial charge in [-0.15, -0.1) is 0 Å². The van der Waals surface area contributed by atoms with E-state index in [9.17, 15) is 0 Å². The van der Waals surface area contributed by atoms with E-state index in [0.29, 0.717) is 0 Å². The molecule has 0 unspecified atom stereocenters. The number of halogens is 1. The summed E-state index contributed by atoms with van der Waals surface area (Å²) in [5.41, 5.74) is 2.44. The first-order chi connectivity index (χ1) is 8.11. The van der Waals surface area contributed by atoms with Gasteiger partial charge in [-0.1, -0.05) is 6.92 Å². The second-order valence-electron chi connectivity index (χ2n) is 5.12. The fraction of sp³-hybridized carbons (Fsp3) is 0.769. The highest BCUT2D eigenvalue weighted by atomic mass is 79.9. The van der Waals surface area contributed by atoms with Gasteiger partial charge >= 0.3 is 0 Å². The molecule has 1 saturated heterocycles. The van der Waals surface area contributed by atoms with Gasteiger partial charge in [0.05, 0.1) is 15.9 Å². The fourth-order valence-electron chi connectivity index (χ4n) is 2.45. The molecule has 3 nitrogen and oxygen atoms in total. The molecule has 17 heavy (non-hydrogen) atoms. The minimum Gasteiger partial charge on any atom is -0.297 e. The summed E-state index contributed by atoms with van der Waals surface area (Å²) in [4.78, 5) is 2.55. The minimum absolute atomic E-state index is 0.896. The number of hydrogen-bond donors (Lipinski definition) is 0. The Morgan fingerprint density at radius 1 is 1.35 bits per heavy atom. The maximum atomic E-state index is 4.55. The summed E-state index contributed by atoms with van der Waals surface area (Å²) in [5, 5.41) is 4.55. The Morgan fingerprint density at radius 3 is 2.59 bits per heavy atom. The van der Waals surface area contributed by atoms with E-state index >= 15 is 0 Å². The third-order valence-electron chi connectivity index (χ3n) is 3.70. The van der Waals surface area contributed by atoms with Crippen molar-refractivity contribution in [3.05, 3.63) is 15.9 Å². The van der Waals surface area contributed by atoms with E-state index in [-0.39, 0.29) is 0 Å². The Kier molecular flexibility index (Phi) is 4.26. The van der Waals surface area contributed by atoms with Crippen LogP contribution in [0.3, 0.4) is 0 Å². The smallest absolute Gasteiger partial charge is 0.0739 e. The lowest BCUT2D eigenvalue weighted by molar-refractivity contribution is 0.180. The summed E-state index contributed by atoms with van der Waals surface area (Å²) in [6.07, 6.45) is 2.66. The lowest BCUT2D eigenvalue weighted by atomic mass is 9.99. The topological polar surface area (TPSA) is 21.1 Å². The predicted octanol–water partition coefficient (Wildman–Crippen LogP) is 3.21. The average molecular weight is 300 g/mol. The van der Waals surface area contributed by atoms with Crippen LogP contribution in [0.4, 0.5) is 0 Å². The van der Waals surface area contributed by atoms with Crippen LogP contribution < -0.4 is 0 Å². The average Bonchev–Trinajstić information content (AvgIpc) is 2.59. The van der Waals surface area contributed by atoms with Crippen molar-refractivity contribution in [1.29, 1.82) is 0 Å². The minimum atomic E-state index is 0.896. The van der Waals surface area contributed by atoms with Crippen LogP contribution in [-0.4, -0.2) is 27.8 Å². The summed E-state index contributed by atoms with van der Waals surface area (Å²) in [6.45, 7) is 11.0. The van der Waals surface area contributed by atoms with E-state index in [2.05, 4.69) is 51.4 Å². The summed E-state index contributed by atoms with van der Waals surface area (Å²) < 4.78 is 3.32. The molecule has 2 heterocycles. The molecule has 1 aromatic heterocycles. The molecule has 4 heteroatoms. The van der Waals surface area contributed by atoms with E-state index in [1.165, 1.54) is 36.1 Å². The lowest BCUT2D eigenvalue weighted by Crippen LogP contribution is -2.33. The van der Waals surface area contributed by atoms with Crippen molar-refractivity contribution in [2.75, 3.05) is 13.1 Å². The Bertz CT molecular complexity index is 378. The Hall–Kier alpha value is -0.350. The molecule has 0 bridgehead atoms. The van der Waals surface area contributed by atoms with E-state index < -0.39 is 0 Å². The van der Waals surface area contributed by atoms with Crippen LogP contribution in [0.25, 0.3) is 0 Å². The van der Waals surface area contributed by atoms with E-state index in [4.69, 9.17) is 0 Å². The van der Waals surface area contributed by atoms with Crippen molar-refractivity contribution in [3.63, 3.8) is 0 Å². The monoisotopic (exact) mass is 299 g/mol. The van der Waals surface area contributed by atoms with Gasteiger partial charge in [-0.2, -0.15) is 5.10 Å². The SMILES string of the molecule is CCn1nc(C)c(Br)c1CN1CCC(C)CC1. The van der Waals surface area contributed by atoms with Crippen LogP contribution >= 0.6 is 15.9 Å². The first-order valence-corrected chi connectivity index (χ1v) is 7.35. The lowest BCUT2D eigenvalue weighted by Gasteiger charge is -2.30. The summed E-state index contributed by atoms with van der Waals surface area (Å²) in [6, 6.07) is 0. The summed E-state index contributed by atoms with van der Waals surface area (Å²) in [7, 11) is 0. The molecule has 0 spiro atoms. The highest BCUT2D eigenvalue weighted by Gasteiger charge is 2.19. The Labute approximate surface area is 112 Å². The normalized spacial score (nSPS) is 18.8. The fourth-order valence-corrected chi connectivity index (χ4v) is 2.86. The van der Waals surface area contributed by atoms with E-state index in [1.807, 2.05) is 0 Å². The molecule has 0 saturated carbocycles. The van der Waals surface area contributed by atoms with Crippen molar-refractivity contribution in [1.82, 2.24) is 14.7 Å². The molecule has 0 aromatic carbocycles. The van der Waals surface area contributed by atoms with Crippen LogP contribution in [0.15, 0.2) is 4.47 Å². The van der Waals surface area contributed by atoms with Crippen LogP contribution in [0, 0.1) is 12.8 Å². The molecule has 1 aliphatic rings. The zero-order valence-electron chi connectivity index (χ0n) is 11.0. The first kappa shape index (κ1) is 13.1. The summed E-state index contributed by atoms with van der Waals surface area (Å²) >= 11 is 3.67. The number of likely N-dealkylation sites (tertiary alicyclic amines) is 1. The Morgan fingerprint density at radius 2 is 2.00 bits per heavy atom. The van der Waals surface area contributed by atoms with Gasteiger partial charge in [0.1, 0.15) is 0 Å². The molecule has 0 aliphatic carbocycles. The van der Waals surface area contributed by atoms with Gasteiger partial charge < -0.3 is 0 Å². The third-order valence-corrected chi connectivity index (χ3v) is 4.73. The zero-order valence-corrected chi connectivity index (χ0v) is 12.6. The number of rotatable bonds is 3. The van der Waals surface area contributed by atoms with Crippen molar-refractivity contribution in [2.45, 2.75) is 46.7 Å². The van der Waals surface area contributed by atoms with Crippen molar-refractivity contribution < 1.29 is 0 Å². The van der Waals surface area contributed by atoms with Gasteiger partial charge in [0.15, 0.2) is 0 Å². The molecular weight excluding hydrogens is 278 g/mol. The molecule has 2 rings (SSSR count). The third kappa shape index (κ3) is 2.91. The van der Waals surface area contributed by atoms with E-state index in [0.717, 1.165) is 24.7 Å². The largest absolute Gasteiger partial charge is 0.297 e. The highest BCUT2D eigenvalue weighted by molar-refractivity contribution is 9.10. The quantitative estimate of drug-likeness (QED) is 0.854. The van der Waals surface area contributed by atoms with Crippen molar-refractivity contribution >= 4 is 15.9 Å². The molecule has 1 fully saturated rings. The van der Waals surface area contributed by atoms with Gasteiger partial charge in [-0.05, 0) is 61.6 Å². The number of nitrogens with zero attached hydrogens (tertiary/aromatic N) is 3. The van der Waals surface area contributed by atoms with Crippen molar-refractivity contribution in [2.24, 2.45) is 5.92 Å². The van der Waals surface area contributed by atoms with E-state index in [1.54, 1.807) is 0 Å². The van der Waals surface area contributed by atoms with Gasteiger partial charge in [0.2, 0.25) is 0 Å². The molecule has 0 atom stereocenters.